The molecule has 1 aromatic heterocycles. The second kappa shape index (κ2) is 8.21. The summed E-state index contributed by atoms with van der Waals surface area (Å²) >= 11 is 0. The number of nitrogens with two attached hydrogens (primary N) is 1. The van der Waals surface area contributed by atoms with Gasteiger partial charge < -0.3 is 20.5 Å². The lowest BCUT2D eigenvalue weighted by Crippen LogP contribution is -2.49. The van der Waals surface area contributed by atoms with E-state index in [2.05, 4.69) is 15.3 Å². The van der Waals surface area contributed by atoms with E-state index in [-0.39, 0.29) is 17.4 Å². The van der Waals surface area contributed by atoms with Crippen molar-refractivity contribution in [1.82, 2.24) is 4.98 Å². The minimum Gasteiger partial charge on any atom is -0.495 e. The van der Waals surface area contributed by atoms with E-state index in [4.69, 9.17) is 15.2 Å². The quantitative estimate of drug-likeness (QED) is 0.771. The molecule has 0 fully saturated rings. The Hall–Kier alpha value is -3.30. The van der Waals surface area contributed by atoms with Crippen LogP contribution in [0.25, 0.3) is 0 Å². The highest BCUT2D eigenvalue weighted by Gasteiger charge is 2.49. The number of nitrogens with zero attached hydrogens (tertiary/aromatic N) is 2. The number of anilines is 1. The number of nitrogens with one attached hydrogen (secondary N) is 1. The first-order valence-corrected chi connectivity index (χ1v) is 9.11. The number of benzene rings is 1. The van der Waals surface area contributed by atoms with Gasteiger partial charge in [-0.15, -0.1) is 0 Å². The fraction of sp³-hybridized carbons (Fsp3) is 0.350. The summed E-state index contributed by atoms with van der Waals surface area (Å²) in [6.45, 7) is 1.95. The molecular formula is C20H21F3N4O3. The van der Waals surface area contributed by atoms with Gasteiger partial charge >= 0.3 is 0 Å². The average Bonchev–Trinajstić information content (AvgIpc) is 2.73. The van der Waals surface area contributed by atoms with Crippen molar-refractivity contribution in [1.29, 1.82) is 0 Å². The molecular weight excluding hydrogens is 401 g/mol. The third kappa shape index (κ3) is 3.64. The minimum absolute atomic E-state index is 0.0170. The van der Waals surface area contributed by atoms with Gasteiger partial charge in [0.05, 0.1) is 24.6 Å². The molecule has 2 aromatic rings. The lowest BCUT2D eigenvalue weighted by molar-refractivity contribution is 0.0476. The van der Waals surface area contributed by atoms with Crippen molar-refractivity contribution in [2.45, 2.75) is 25.5 Å². The molecule has 160 valence electrons. The van der Waals surface area contributed by atoms with E-state index in [0.29, 0.717) is 5.75 Å². The molecule has 1 aromatic carbocycles. The van der Waals surface area contributed by atoms with Crippen LogP contribution in [0.1, 0.15) is 29.9 Å². The Morgan fingerprint density at radius 3 is 2.63 bits per heavy atom. The molecule has 3 atom stereocenters. The third-order valence-electron chi connectivity index (χ3n) is 5.25. The molecule has 0 bridgehead atoms. The molecule has 1 unspecified atom stereocenters. The number of carbonyl (C=O) groups is 1. The van der Waals surface area contributed by atoms with Gasteiger partial charge in [-0.2, -0.15) is 0 Å². The van der Waals surface area contributed by atoms with E-state index in [0.717, 1.165) is 12.1 Å². The fourth-order valence-corrected chi connectivity index (χ4v) is 3.38. The first-order chi connectivity index (χ1) is 14.2. The molecule has 0 aliphatic carbocycles. The van der Waals surface area contributed by atoms with E-state index in [1.807, 2.05) is 0 Å². The number of carbonyl (C=O) groups excluding carboxylic acids is 1. The fourth-order valence-electron chi connectivity index (χ4n) is 3.38. The van der Waals surface area contributed by atoms with Crippen molar-refractivity contribution in [3.63, 3.8) is 0 Å². The van der Waals surface area contributed by atoms with Crippen molar-refractivity contribution in [3.05, 3.63) is 53.4 Å². The zero-order chi connectivity index (χ0) is 22.1. The van der Waals surface area contributed by atoms with Crippen LogP contribution in [-0.2, 0) is 10.3 Å². The first kappa shape index (κ1) is 21.4. The normalized spacial score (nSPS) is 23.3. The van der Waals surface area contributed by atoms with Gasteiger partial charge in [0.25, 0.3) is 11.9 Å². The summed E-state index contributed by atoms with van der Waals surface area (Å²) in [6, 6.07) is 4.50. The lowest BCUT2D eigenvalue weighted by atomic mass is 9.76. The van der Waals surface area contributed by atoms with Crippen LogP contribution in [-0.4, -0.2) is 36.8 Å². The Labute approximate surface area is 171 Å². The number of amidine groups is 1. The highest BCUT2D eigenvalue weighted by atomic mass is 19.1. The second-order valence-electron chi connectivity index (χ2n) is 6.94. The minimum atomic E-state index is -1.94. The van der Waals surface area contributed by atoms with Crippen LogP contribution in [0.15, 0.2) is 35.5 Å². The Morgan fingerprint density at radius 2 is 2.03 bits per heavy atom. The van der Waals surface area contributed by atoms with E-state index in [9.17, 15) is 13.6 Å². The molecule has 2 heterocycles. The van der Waals surface area contributed by atoms with Crippen LogP contribution in [0, 0.1) is 17.6 Å². The third-order valence-corrected chi connectivity index (χ3v) is 5.25. The van der Waals surface area contributed by atoms with Crippen molar-refractivity contribution in [2.24, 2.45) is 16.6 Å². The summed E-state index contributed by atoms with van der Waals surface area (Å²) in [6.07, 6.45) is 0.681. The molecule has 10 heteroatoms. The molecule has 0 saturated carbocycles. The number of pyridine rings is 1. The molecule has 1 amide bonds. The molecule has 7 nitrogen and oxygen atoms in total. The number of halogens is 3. The molecule has 0 spiro atoms. The molecule has 30 heavy (non-hydrogen) atoms. The number of aliphatic imine (C=N–C) groups is 1. The number of amides is 1. The van der Waals surface area contributed by atoms with Gasteiger partial charge in [-0.25, -0.2) is 23.1 Å². The van der Waals surface area contributed by atoms with Gasteiger partial charge in [0.15, 0.2) is 5.82 Å². The van der Waals surface area contributed by atoms with Crippen LogP contribution in [0.2, 0.25) is 0 Å². The van der Waals surface area contributed by atoms with E-state index >= 15 is 4.39 Å². The number of hydrogen-bond donors (Lipinski definition) is 2. The summed E-state index contributed by atoms with van der Waals surface area (Å²) in [5, 5.41) is 2.33. The van der Waals surface area contributed by atoms with Gasteiger partial charge in [0, 0.05) is 5.92 Å². The van der Waals surface area contributed by atoms with Crippen LogP contribution < -0.4 is 15.8 Å². The molecule has 1 aliphatic rings. The van der Waals surface area contributed by atoms with Crippen LogP contribution in [0.3, 0.4) is 0 Å². The molecule has 0 saturated heterocycles. The standard InChI is InChI=1S/C20H21F3N4O3/c1-10-11(2)30-19(24)27-20(10,9-21)16-13(22)5-7-14(17(16)23)26-18(28)15-6-4-12(29-3)8-25-15/h4-8,10-11H,9H2,1-3H3,(H2,24,27)(H,26,28)/t10-,11?,20-/m1/s1. The Kier molecular flexibility index (Phi) is 5.86. The maximum absolute atomic E-state index is 15.4. The monoisotopic (exact) mass is 422 g/mol. The van der Waals surface area contributed by atoms with Crippen LogP contribution >= 0.6 is 0 Å². The summed E-state index contributed by atoms with van der Waals surface area (Å²) in [5.41, 5.74) is 2.70. The zero-order valence-electron chi connectivity index (χ0n) is 16.6. The largest absolute Gasteiger partial charge is 0.495 e. The number of alkyl halides is 1. The van der Waals surface area contributed by atoms with Crippen molar-refractivity contribution >= 4 is 17.6 Å². The number of ether oxygens (including phenoxy) is 2. The van der Waals surface area contributed by atoms with Gasteiger partial charge in [-0.05, 0) is 31.2 Å². The molecule has 0 radical (unpaired) electrons. The number of aromatic nitrogens is 1. The van der Waals surface area contributed by atoms with Crippen molar-refractivity contribution in [3.8, 4) is 5.75 Å². The number of rotatable bonds is 5. The topological polar surface area (TPSA) is 98.8 Å². The van der Waals surface area contributed by atoms with Crippen LogP contribution in [0.5, 0.6) is 5.75 Å². The smallest absolute Gasteiger partial charge is 0.283 e. The predicted molar refractivity (Wildman–Crippen MR) is 104 cm³/mol. The van der Waals surface area contributed by atoms with E-state index in [1.54, 1.807) is 13.8 Å². The SMILES string of the molecule is COc1ccc(C(=O)Nc2ccc(F)c([C@]3(CF)N=C(N)OC(C)[C@H]3C)c2F)nc1. The van der Waals surface area contributed by atoms with Crippen LogP contribution in [0.4, 0.5) is 18.9 Å². The Balaban J connectivity index is 2.03. The molecule has 3 rings (SSSR count). The number of hydrogen-bond acceptors (Lipinski definition) is 6. The second-order valence-corrected chi connectivity index (χ2v) is 6.94. The highest BCUT2D eigenvalue weighted by molar-refractivity contribution is 6.03. The summed E-state index contributed by atoms with van der Waals surface area (Å²) in [5.74, 6) is -3.20. The molecule has 3 N–H and O–H groups in total. The maximum Gasteiger partial charge on any atom is 0.283 e. The van der Waals surface area contributed by atoms with Gasteiger partial charge in [-0.1, -0.05) is 6.92 Å². The van der Waals surface area contributed by atoms with E-state index < -0.39 is 47.3 Å². The summed E-state index contributed by atoms with van der Waals surface area (Å²) < 4.78 is 54.6. The Morgan fingerprint density at radius 1 is 1.30 bits per heavy atom. The lowest BCUT2D eigenvalue weighted by Gasteiger charge is -2.40. The summed E-state index contributed by atoms with van der Waals surface area (Å²) in [7, 11) is 1.44. The highest BCUT2D eigenvalue weighted by Crippen LogP contribution is 2.43. The molecule has 1 aliphatic heterocycles. The Bertz CT molecular complexity index is 984. The van der Waals surface area contributed by atoms with Crippen molar-refractivity contribution in [2.75, 3.05) is 19.1 Å². The van der Waals surface area contributed by atoms with Gasteiger partial charge in [0.1, 0.15) is 35.6 Å². The predicted octanol–water partition coefficient (Wildman–Crippen LogP) is 3.16. The number of methoxy groups -OCH3 is 1. The van der Waals surface area contributed by atoms with Gasteiger partial charge in [0.2, 0.25) is 0 Å². The first-order valence-electron chi connectivity index (χ1n) is 9.11. The van der Waals surface area contributed by atoms with E-state index in [1.165, 1.54) is 25.4 Å². The maximum atomic E-state index is 15.4. The average molecular weight is 422 g/mol. The summed E-state index contributed by atoms with van der Waals surface area (Å²) in [4.78, 5) is 20.3. The van der Waals surface area contributed by atoms with Crippen molar-refractivity contribution < 1.29 is 27.4 Å². The van der Waals surface area contributed by atoms with Gasteiger partial charge in [-0.3, -0.25) is 4.79 Å². The zero-order valence-corrected chi connectivity index (χ0v) is 16.6.